The third-order valence-electron chi connectivity index (χ3n) is 9.08. The number of allylic oxidation sites excluding steroid dienone is 4. The van der Waals surface area contributed by atoms with Crippen LogP contribution in [-0.4, -0.2) is 28.2 Å². The summed E-state index contributed by atoms with van der Waals surface area (Å²) in [7, 11) is 0. The lowest BCUT2D eigenvalue weighted by Crippen LogP contribution is -2.56. The summed E-state index contributed by atoms with van der Waals surface area (Å²) in [6.07, 6.45) is 14.3. The molecule has 3 saturated carbocycles. The SMILES string of the molecule is CC[C@]12CC[C@H]3[C@@H](C=CC4=CC(=O)CC[C@@H]43)[C@@H]1[C@@H]1C[C@@H]1[C@@]2(O)CCCO. The van der Waals surface area contributed by atoms with Crippen LogP contribution in [-0.2, 0) is 4.79 Å². The van der Waals surface area contributed by atoms with E-state index in [1.807, 2.05) is 6.08 Å². The molecule has 0 saturated heterocycles. The standard InChI is InChI=1S/C23H32O3/c1-2-22-10-8-17-16-7-5-15(25)12-14(16)4-6-18(17)21(22)19-13-20(19)23(22,26)9-3-11-24/h4,6,12,16-21,24,26H,2-3,5,7-11,13H2,1H3/t16-,17+,18+,19+,20-,21+,22-,23-/m0/s1. The van der Waals surface area contributed by atoms with Crippen molar-refractivity contribution in [1.82, 2.24) is 0 Å². The van der Waals surface area contributed by atoms with Crippen molar-refractivity contribution in [2.45, 2.75) is 63.9 Å². The number of fused-ring (bicyclic) bond motifs is 7. The van der Waals surface area contributed by atoms with Crippen molar-refractivity contribution < 1.29 is 15.0 Å². The molecule has 0 aromatic heterocycles. The molecule has 3 nitrogen and oxygen atoms in total. The van der Waals surface area contributed by atoms with Gasteiger partial charge in [-0.2, -0.15) is 0 Å². The molecule has 5 aliphatic rings. The minimum atomic E-state index is -0.572. The molecule has 3 fully saturated rings. The highest BCUT2D eigenvalue weighted by Gasteiger charge is 2.75. The number of carbonyl (C=O) groups excluding carboxylic acids is 1. The number of hydrogen-bond acceptors (Lipinski definition) is 3. The third-order valence-corrected chi connectivity index (χ3v) is 9.08. The van der Waals surface area contributed by atoms with Crippen LogP contribution in [0.4, 0.5) is 0 Å². The molecule has 0 aliphatic heterocycles. The predicted octanol–water partition coefficient (Wildman–Crippen LogP) is 3.65. The summed E-state index contributed by atoms with van der Waals surface area (Å²) >= 11 is 0. The fraction of sp³-hybridized carbons (Fsp3) is 0.783. The van der Waals surface area contributed by atoms with Crippen LogP contribution in [0, 0.1) is 40.9 Å². The van der Waals surface area contributed by atoms with E-state index in [0.29, 0.717) is 47.7 Å². The summed E-state index contributed by atoms with van der Waals surface area (Å²) in [4.78, 5) is 11.8. The molecule has 0 unspecified atom stereocenters. The molecule has 3 heteroatoms. The van der Waals surface area contributed by atoms with Crippen LogP contribution in [0.25, 0.3) is 0 Å². The average Bonchev–Trinajstić information content (AvgIpc) is 3.41. The minimum Gasteiger partial charge on any atom is -0.396 e. The maximum absolute atomic E-state index is 11.8. The van der Waals surface area contributed by atoms with Gasteiger partial charge in [0.1, 0.15) is 0 Å². The predicted molar refractivity (Wildman–Crippen MR) is 100 cm³/mol. The fourth-order valence-electron chi connectivity index (χ4n) is 8.07. The number of aliphatic hydroxyl groups excluding tert-OH is 1. The van der Waals surface area contributed by atoms with Crippen molar-refractivity contribution in [3.05, 3.63) is 23.8 Å². The lowest BCUT2D eigenvalue weighted by Gasteiger charge is -2.57. The Bertz CT molecular complexity index is 679. The van der Waals surface area contributed by atoms with Crippen LogP contribution in [0.2, 0.25) is 0 Å². The fourth-order valence-corrected chi connectivity index (χ4v) is 8.07. The second kappa shape index (κ2) is 5.78. The lowest BCUT2D eigenvalue weighted by atomic mass is 9.49. The molecule has 2 N–H and O–H groups in total. The largest absolute Gasteiger partial charge is 0.396 e. The zero-order chi connectivity index (χ0) is 18.1. The van der Waals surface area contributed by atoms with Crippen molar-refractivity contribution >= 4 is 5.78 Å². The summed E-state index contributed by atoms with van der Waals surface area (Å²) in [5, 5.41) is 21.2. The Morgan fingerprint density at radius 1 is 1.27 bits per heavy atom. The van der Waals surface area contributed by atoms with Gasteiger partial charge in [0.15, 0.2) is 5.78 Å². The monoisotopic (exact) mass is 356 g/mol. The Hall–Kier alpha value is -0.930. The highest BCUT2D eigenvalue weighted by atomic mass is 16.3. The molecule has 26 heavy (non-hydrogen) atoms. The zero-order valence-electron chi connectivity index (χ0n) is 15.9. The Balaban J connectivity index is 1.52. The van der Waals surface area contributed by atoms with Gasteiger partial charge in [-0.25, -0.2) is 0 Å². The second-order valence-corrected chi connectivity index (χ2v) is 9.69. The molecule has 0 radical (unpaired) electrons. The number of hydrogen-bond donors (Lipinski definition) is 2. The molecule has 0 amide bonds. The summed E-state index contributed by atoms with van der Waals surface area (Å²) in [5.41, 5.74) is 0.733. The molecule has 0 heterocycles. The number of rotatable bonds is 4. The van der Waals surface area contributed by atoms with Crippen LogP contribution in [0.5, 0.6) is 0 Å². The molecular weight excluding hydrogens is 324 g/mol. The first-order valence-electron chi connectivity index (χ1n) is 10.8. The Labute approximate surface area is 156 Å². The van der Waals surface area contributed by atoms with E-state index in [0.717, 1.165) is 32.1 Å². The van der Waals surface area contributed by atoms with Gasteiger partial charge < -0.3 is 10.2 Å². The van der Waals surface area contributed by atoms with Gasteiger partial charge in [-0.05, 0) is 92.1 Å². The van der Waals surface area contributed by atoms with Crippen molar-refractivity contribution in [3.8, 4) is 0 Å². The van der Waals surface area contributed by atoms with Gasteiger partial charge in [0, 0.05) is 18.4 Å². The van der Waals surface area contributed by atoms with E-state index in [1.54, 1.807) is 0 Å². The Morgan fingerprint density at radius 3 is 2.88 bits per heavy atom. The van der Waals surface area contributed by atoms with E-state index in [-0.39, 0.29) is 12.0 Å². The van der Waals surface area contributed by atoms with Gasteiger partial charge in [0.25, 0.3) is 0 Å². The topological polar surface area (TPSA) is 57.5 Å². The van der Waals surface area contributed by atoms with E-state index in [2.05, 4.69) is 19.1 Å². The summed E-state index contributed by atoms with van der Waals surface area (Å²) in [6.45, 7) is 2.46. The summed E-state index contributed by atoms with van der Waals surface area (Å²) in [6, 6.07) is 0. The lowest BCUT2D eigenvalue weighted by molar-refractivity contribution is -0.147. The molecule has 8 atom stereocenters. The van der Waals surface area contributed by atoms with E-state index >= 15 is 0 Å². The van der Waals surface area contributed by atoms with Crippen LogP contribution < -0.4 is 0 Å². The first kappa shape index (κ1) is 17.2. The van der Waals surface area contributed by atoms with E-state index in [1.165, 1.54) is 18.4 Å². The molecule has 0 aromatic rings. The van der Waals surface area contributed by atoms with Gasteiger partial charge in [-0.1, -0.05) is 19.1 Å². The molecule has 0 bridgehead atoms. The van der Waals surface area contributed by atoms with E-state index in [9.17, 15) is 15.0 Å². The maximum Gasteiger partial charge on any atom is 0.155 e. The van der Waals surface area contributed by atoms with Crippen LogP contribution in [0.3, 0.4) is 0 Å². The van der Waals surface area contributed by atoms with Crippen molar-refractivity contribution in [1.29, 1.82) is 0 Å². The van der Waals surface area contributed by atoms with Gasteiger partial charge in [-0.3, -0.25) is 4.79 Å². The molecule has 5 rings (SSSR count). The van der Waals surface area contributed by atoms with Crippen molar-refractivity contribution in [2.75, 3.05) is 6.61 Å². The normalized spacial score (nSPS) is 51.2. The second-order valence-electron chi connectivity index (χ2n) is 9.69. The van der Waals surface area contributed by atoms with Crippen LogP contribution in [0.1, 0.15) is 58.3 Å². The van der Waals surface area contributed by atoms with Gasteiger partial charge >= 0.3 is 0 Å². The first-order chi connectivity index (χ1) is 12.6. The van der Waals surface area contributed by atoms with Crippen LogP contribution in [0.15, 0.2) is 23.8 Å². The average molecular weight is 357 g/mol. The molecule has 0 aromatic carbocycles. The molecule has 0 spiro atoms. The van der Waals surface area contributed by atoms with Gasteiger partial charge in [-0.15, -0.1) is 0 Å². The van der Waals surface area contributed by atoms with Crippen molar-refractivity contribution in [2.24, 2.45) is 40.9 Å². The summed E-state index contributed by atoms with van der Waals surface area (Å²) < 4.78 is 0. The van der Waals surface area contributed by atoms with Crippen LogP contribution >= 0.6 is 0 Å². The minimum absolute atomic E-state index is 0.0347. The molecule has 142 valence electrons. The molecular formula is C23H32O3. The maximum atomic E-state index is 11.8. The number of aliphatic hydroxyl groups is 2. The smallest absolute Gasteiger partial charge is 0.155 e. The third kappa shape index (κ3) is 2.05. The first-order valence-corrected chi connectivity index (χ1v) is 10.8. The Kier molecular flexibility index (Phi) is 3.82. The van der Waals surface area contributed by atoms with Crippen molar-refractivity contribution in [3.63, 3.8) is 0 Å². The number of ketones is 1. The zero-order valence-corrected chi connectivity index (χ0v) is 15.9. The van der Waals surface area contributed by atoms with E-state index < -0.39 is 5.60 Å². The van der Waals surface area contributed by atoms with Gasteiger partial charge in [0.2, 0.25) is 0 Å². The quantitative estimate of drug-likeness (QED) is 0.808. The highest BCUT2D eigenvalue weighted by Crippen LogP contribution is 2.77. The Morgan fingerprint density at radius 2 is 2.12 bits per heavy atom. The summed E-state index contributed by atoms with van der Waals surface area (Å²) in [5.74, 6) is 3.79. The van der Waals surface area contributed by atoms with E-state index in [4.69, 9.17) is 0 Å². The number of carbonyl (C=O) groups is 1. The van der Waals surface area contributed by atoms with Gasteiger partial charge in [0.05, 0.1) is 5.60 Å². The highest BCUT2D eigenvalue weighted by molar-refractivity contribution is 5.91. The molecule has 5 aliphatic carbocycles.